The fourth-order valence-electron chi connectivity index (χ4n) is 1.18. The molecule has 0 bridgehead atoms. The van der Waals surface area contributed by atoms with Gasteiger partial charge in [0.2, 0.25) is 0 Å². The molecule has 0 unspecified atom stereocenters. The Balaban J connectivity index is 2.52. The van der Waals surface area contributed by atoms with Crippen molar-refractivity contribution < 1.29 is 9.45 Å². The third-order valence-electron chi connectivity index (χ3n) is 1.81. The molecular formula is C9H6N2O3. The van der Waals surface area contributed by atoms with Crippen LogP contribution in [0.25, 0.3) is 11.1 Å². The SMILES string of the molecule is O=[N+]([O-])c1nocc1-c1ccccc1. The summed E-state index contributed by atoms with van der Waals surface area (Å²) in [5, 5.41) is 13.9. The van der Waals surface area contributed by atoms with Crippen molar-refractivity contribution in [2.45, 2.75) is 0 Å². The van der Waals surface area contributed by atoms with Crippen LogP contribution in [0.4, 0.5) is 5.82 Å². The molecule has 0 fully saturated rings. The van der Waals surface area contributed by atoms with Gasteiger partial charge in [-0.1, -0.05) is 30.3 Å². The van der Waals surface area contributed by atoms with Gasteiger partial charge in [0.15, 0.2) is 11.4 Å². The molecule has 0 radical (unpaired) electrons. The second kappa shape index (κ2) is 3.29. The van der Waals surface area contributed by atoms with Crippen molar-refractivity contribution >= 4 is 5.82 Å². The van der Waals surface area contributed by atoms with E-state index in [4.69, 9.17) is 0 Å². The van der Waals surface area contributed by atoms with Crippen LogP contribution < -0.4 is 0 Å². The summed E-state index contributed by atoms with van der Waals surface area (Å²) in [6, 6.07) is 8.96. The lowest BCUT2D eigenvalue weighted by Crippen LogP contribution is -1.89. The van der Waals surface area contributed by atoms with Gasteiger partial charge in [-0.2, -0.15) is 0 Å². The molecule has 0 aliphatic carbocycles. The molecule has 0 N–H and O–H groups in total. The zero-order chi connectivity index (χ0) is 9.97. The maximum atomic E-state index is 10.5. The Kier molecular flexibility index (Phi) is 1.98. The van der Waals surface area contributed by atoms with Crippen molar-refractivity contribution in [3.05, 3.63) is 46.7 Å². The second-order valence-electron chi connectivity index (χ2n) is 2.67. The second-order valence-corrected chi connectivity index (χ2v) is 2.67. The van der Waals surface area contributed by atoms with Gasteiger partial charge in [-0.25, -0.2) is 0 Å². The van der Waals surface area contributed by atoms with Crippen molar-refractivity contribution in [2.24, 2.45) is 0 Å². The lowest BCUT2D eigenvalue weighted by atomic mass is 10.1. The molecule has 2 aromatic rings. The molecule has 0 saturated heterocycles. The number of hydrogen-bond acceptors (Lipinski definition) is 4. The first-order valence-electron chi connectivity index (χ1n) is 3.93. The maximum absolute atomic E-state index is 10.5. The molecule has 0 amide bonds. The van der Waals surface area contributed by atoms with Crippen LogP contribution in [0.5, 0.6) is 0 Å². The molecule has 0 atom stereocenters. The Morgan fingerprint density at radius 2 is 2.00 bits per heavy atom. The van der Waals surface area contributed by atoms with Gasteiger partial charge < -0.3 is 10.1 Å². The Bertz CT molecular complexity index is 450. The summed E-state index contributed by atoms with van der Waals surface area (Å²) in [6.07, 6.45) is 1.27. The third-order valence-corrected chi connectivity index (χ3v) is 1.81. The van der Waals surface area contributed by atoms with E-state index >= 15 is 0 Å². The molecular weight excluding hydrogens is 184 g/mol. The first-order chi connectivity index (χ1) is 6.79. The van der Waals surface area contributed by atoms with Crippen molar-refractivity contribution in [1.82, 2.24) is 5.16 Å². The van der Waals surface area contributed by atoms with Crippen molar-refractivity contribution in [1.29, 1.82) is 0 Å². The lowest BCUT2D eigenvalue weighted by Gasteiger charge is -1.94. The van der Waals surface area contributed by atoms with E-state index in [0.717, 1.165) is 5.56 Å². The van der Waals surface area contributed by atoms with Gasteiger partial charge in [-0.15, -0.1) is 0 Å². The number of aromatic nitrogens is 1. The Labute approximate surface area is 79.1 Å². The van der Waals surface area contributed by atoms with Crippen LogP contribution >= 0.6 is 0 Å². The first kappa shape index (κ1) is 8.43. The predicted octanol–water partition coefficient (Wildman–Crippen LogP) is 2.25. The van der Waals surface area contributed by atoms with Gasteiger partial charge in [0.1, 0.15) is 5.56 Å². The summed E-state index contributed by atoms with van der Waals surface area (Å²) in [6.45, 7) is 0. The summed E-state index contributed by atoms with van der Waals surface area (Å²) in [5.74, 6) is -0.254. The van der Waals surface area contributed by atoms with Gasteiger partial charge in [-0.3, -0.25) is 4.52 Å². The van der Waals surface area contributed by atoms with Crippen LogP contribution in [0, 0.1) is 10.1 Å². The van der Waals surface area contributed by atoms with Crippen LogP contribution in [0.1, 0.15) is 0 Å². The normalized spacial score (nSPS) is 10.0. The van der Waals surface area contributed by atoms with Crippen LogP contribution in [0.15, 0.2) is 41.1 Å². The molecule has 0 saturated carbocycles. The van der Waals surface area contributed by atoms with Crippen LogP contribution in [-0.2, 0) is 0 Å². The zero-order valence-electron chi connectivity index (χ0n) is 7.08. The number of nitro groups is 1. The van der Waals surface area contributed by atoms with Crippen molar-refractivity contribution in [2.75, 3.05) is 0 Å². The standard InChI is InChI=1S/C9H6N2O3/c12-11(13)9-8(6-14-10-9)7-4-2-1-3-5-7/h1-6H. The highest BCUT2D eigenvalue weighted by atomic mass is 16.6. The molecule has 14 heavy (non-hydrogen) atoms. The third kappa shape index (κ3) is 1.35. The smallest absolute Gasteiger partial charge is 0.358 e. The fourth-order valence-corrected chi connectivity index (χ4v) is 1.18. The average molecular weight is 190 g/mol. The zero-order valence-corrected chi connectivity index (χ0v) is 7.08. The molecule has 5 heteroatoms. The maximum Gasteiger partial charge on any atom is 0.421 e. The highest BCUT2D eigenvalue weighted by Crippen LogP contribution is 2.27. The topological polar surface area (TPSA) is 69.2 Å². The minimum Gasteiger partial charge on any atom is -0.358 e. The van der Waals surface area contributed by atoms with Crippen LogP contribution in [-0.4, -0.2) is 10.1 Å². The van der Waals surface area contributed by atoms with E-state index in [1.165, 1.54) is 6.26 Å². The van der Waals surface area contributed by atoms with E-state index in [-0.39, 0.29) is 5.82 Å². The van der Waals surface area contributed by atoms with Gasteiger partial charge in [0.05, 0.1) is 0 Å². The quantitative estimate of drug-likeness (QED) is 0.537. The molecule has 0 spiro atoms. The molecule has 2 rings (SSSR count). The van der Waals surface area contributed by atoms with Gasteiger partial charge in [-0.05, 0) is 10.5 Å². The predicted molar refractivity (Wildman–Crippen MR) is 48.6 cm³/mol. The number of rotatable bonds is 2. The van der Waals surface area contributed by atoms with Crippen LogP contribution in [0.3, 0.4) is 0 Å². The lowest BCUT2D eigenvalue weighted by molar-refractivity contribution is -0.390. The van der Waals surface area contributed by atoms with Gasteiger partial charge >= 0.3 is 5.82 Å². The highest BCUT2D eigenvalue weighted by molar-refractivity contribution is 5.69. The largest absolute Gasteiger partial charge is 0.421 e. The van der Waals surface area contributed by atoms with Gasteiger partial charge in [0, 0.05) is 0 Å². The summed E-state index contributed by atoms with van der Waals surface area (Å²) in [5.41, 5.74) is 1.12. The average Bonchev–Trinajstić information content (AvgIpc) is 2.67. The molecule has 5 nitrogen and oxygen atoms in total. The van der Waals surface area contributed by atoms with Crippen molar-refractivity contribution in [3.63, 3.8) is 0 Å². The number of hydrogen-bond donors (Lipinski definition) is 0. The summed E-state index contributed by atoms with van der Waals surface area (Å²) in [4.78, 5) is 9.98. The summed E-state index contributed by atoms with van der Waals surface area (Å²) in [7, 11) is 0. The van der Waals surface area contributed by atoms with Gasteiger partial charge in [0.25, 0.3) is 0 Å². The highest BCUT2D eigenvalue weighted by Gasteiger charge is 2.20. The van der Waals surface area contributed by atoms with E-state index in [2.05, 4.69) is 9.68 Å². The Morgan fingerprint density at radius 3 is 2.64 bits per heavy atom. The molecule has 1 aromatic carbocycles. The minimum atomic E-state index is -0.564. The van der Waals surface area contributed by atoms with E-state index in [9.17, 15) is 10.1 Å². The first-order valence-corrected chi connectivity index (χ1v) is 3.93. The monoisotopic (exact) mass is 190 g/mol. The van der Waals surface area contributed by atoms with E-state index in [1.807, 2.05) is 6.07 Å². The minimum absolute atomic E-state index is 0.254. The molecule has 0 aliphatic rings. The summed E-state index contributed by atoms with van der Waals surface area (Å²) >= 11 is 0. The molecule has 1 aromatic heterocycles. The van der Waals surface area contributed by atoms with E-state index in [0.29, 0.717) is 5.56 Å². The van der Waals surface area contributed by atoms with Crippen molar-refractivity contribution in [3.8, 4) is 11.1 Å². The van der Waals surface area contributed by atoms with E-state index < -0.39 is 4.92 Å². The number of nitrogens with zero attached hydrogens (tertiary/aromatic N) is 2. The van der Waals surface area contributed by atoms with E-state index in [1.54, 1.807) is 24.3 Å². The molecule has 0 aliphatic heterocycles. The Morgan fingerprint density at radius 1 is 1.29 bits per heavy atom. The fraction of sp³-hybridized carbons (Fsp3) is 0. The van der Waals surface area contributed by atoms with Crippen LogP contribution in [0.2, 0.25) is 0 Å². The molecule has 70 valence electrons. The summed E-state index contributed by atoms with van der Waals surface area (Å²) < 4.78 is 4.57. The number of benzene rings is 1. The molecule has 1 heterocycles. The Hall–Kier alpha value is -2.17.